The number of furan rings is 2. The van der Waals surface area contributed by atoms with Gasteiger partial charge in [-0.1, -0.05) is 30.3 Å². The zero-order valence-electron chi connectivity index (χ0n) is 11.9. The van der Waals surface area contributed by atoms with E-state index in [1.54, 1.807) is 24.3 Å². The molecule has 1 aliphatic rings. The summed E-state index contributed by atoms with van der Waals surface area (Å²) in [6.45, 7) is 0. The molecule has 5 heteroatoms. The van der Waals surface area contributed by atoms with E-state index in [0.29, 0.717) is 11.5 Å². The maximum Gasteiger partial charge on any atom is 0.364 e. The Labute approximate surface area is 131 Å². The molecule has 0 bridgehead atoms. The van der Waals surface area contributed by atoms with Crippen LogP contribution in [0.4, 0.5) is 0 Å². The average Bonchev–Trinajstić information content (AvgIpc) is 3.31. The first-order valence-corrected chi connectivity index (χ1v) is 7.01. The van der Waals surface area contributed by atoms with Gasteiger partial charge in [-0.3, -0.25) is 0 Å². The molecule has 112 valence electrons. The normalized spacial score (nSPS) is 15.7. The van der Waals surface area contributed by atoms with Gasteiger partial charge >= 0.3 is 5.97 Å². The van der Waals surface area contributed by atoms with E-state index < -0.39 is 5.97 Å². The molecule has 1 aromatic carbocycles. The topological polar surface area (TPSA) is 64.9 Å². The van der Waals surface area contributed by atoms with Crippen LogP contribution < -0.4 is 0 Å². The molecular weight excluding hydrogens is 294 g/mol. The van der Waals surface area contributed by atoms with Crippen molar-refractivity contribution in [3.05, 3.63) is 78.1 Å². The molecular formula is C18H11NO4. The van der Waals surface area contributed by atoms with E-state index in [-0.39, 0.29) is 11.6 Å². The monoisotopic (exact) mass is 305 g/mol. The molecule has 4 rings (SSSR count). The predicted molar refractivity (Wildman–Crippen MR) is 83.5 cm³/mol. The van der Waals surface area contributed by atoms with Gasteiger partial charge in [0.2, 0.25) is 0 Å². The number of benzene rings is 1. The summed E-state index contributed by atoms with van der Waals surface area (Å²) in [5, 5.41) is 0. The van der Waals surface area contributed by atoms with Crippen molar-refractivity contribution in [3.8, 4) is 11.3 Å². The number of carbonyl (C=O) groups is 1. The lowest BCUT2D eigenvalue weighted by Crippen LogP contribution is -2.04. The molecule has 3 heterocycles. The second kappa shape index (κ2) is 5.46. The van der Waals surface area contributed by atoms with Crippen LogP contribution in [0.25, 0.3) is 17.4 Å². The molecule has 2 aromatic heterocycles. The summed E-state index contributed by atoms with van der Waals surface area (Å²) in [7, 11) is 0. The van der Waals surface area contributed by atoms with Gasteiger partial charge in [-0.05, 0) is 24.3 Å². The van der Waals surface area contributed by atoms with Crippen LogP contribution in [0.1, 0.15) is 11.5 Å². The SMILES string of the molecule is O=C1OC(c2ccco2)=NC1=Cc1ccc(-c2ccccc2)o1. The third-order valence-electron chi connectivity index (χ3n) is 3.32. The van der Waals surface area contributed by atoms with Gasteiger partial charge in [0, 0.05) is 11.6 Å². The Hall–Kier alpha value is -3.34. The van der Waals surface area contributed by atoms with Gasteiger partial charge in [0.15, 0.2) is 11.5 Å². The zero-order valence-corrected chi connectivity index (χ0v) is 11.9. The van der Waals surface area contributed by atoms with Crippen molar-refractivity contribution in [3.63, 3.8) is 0 Å². The Morgan fingerprint density at radius 3 is 2.57 bits per heavy atom. The maximum atomic E-state index is 11.9. The minimum Gasteiger partial charge on any atom is -0.459 e. The van der Waals surface area contributed by atoms with Crippen molar-refractivity contribution in [2.24, 2.45) is 4.99 Å². The number of hydrogen-bond acceptors (Lipinski definition) is 5. The lowest BCUT2D eigenvalue weighted by atomic mass is 10.2. The zero-order chi connectivity index (χ0) is 15.6. The van der Waals surface area contributed by atoms with Gasteiger partial charge in [0.05, 0.1) is 6.26 Å². The number of aliphatic imine (C=N–C) groups is 1. The van der Waals surface area contributed by atoms with E-state index in [0.717, 1.165) is 11.3 Å². The first kappa shape index (κ1) is 13.3. The van der Waals surface area contributed by atoms with Crippen LogP contribution in [0.3, 0.4) is 0 Å². The van der Waals surface area contributed by atoms with Gasteiger partial charge in [-0.2, -0.15) is 0 Å². The minimum atomic E-state index is -0.533. The molecule has 0 saturated heterocycles. The van der Waals surface area contributed by atoms with Crippen LogP contribution in [0.5, 0.6) is 0 Å². The number of nitrogens with zero attached hydrogens (tertiary/aromatic N) is 1. The molecule has 0 spiro atoms. The van der Waals surface area contributed by atoms with Crippen LogP contribution in [-0.4, -0.2) is 11.9 Å². The summed E-state index contributed by atoms with van der Waals surface area (Å²) in [5.74, 6) is 1.28. The van der Waals surface area contributed by atoms with E-state index in [2.05, 4.69) is 4.99 Å². The third kappa shape index (κ3) is 2.60. The number of esters is 1. The van der Waals surface area contributed by atoms with Crippen molar-refractivity contribution < 1.29 is 18.4 Å². The highest BCUT2D eigenvalue weighted by Gasteiger charge is 2.26. The predicted octanol–water partition coefficient (Wildman–Crippen LogP) is 3.88. The third-order valence-corrected chi connectivity index (χ3v) is 3.32. The molecule has 0 unspecified atom stereocenters. The molecule has 1 aliphatic heterocycles. The number of carbonyl (C=O) groups excluding carboxylic acids is 1. The van der Waals surface area contributed by atoms with E-state index in [1.807, 2.05) is 36.4 Å². The molecule has 0 amide bonds. The number of hydrogen-bond donors (Lipinski definition) is 0. The molecule has 3 aromatic rings. The van der Waals surface area contributed by atoms with Crippen LogP contribution in [0.15, 0.2) is 80.4 Å². The van der Waals surface area contributed by atoms with E-state index in [1.165, 1.54) is 6.26 Å². The highest BCUT2D eigenvalue weighted by molar-refractivity contribution is 6.11. The van der Waals surface area contributed by atoms with E-state index in [9.17, 15) is 4.79 Å². The smallest absolute Gasteiger partial charge is 0.364 e. The van der Waals surface area contributed by atoms with Crippen molar-refractivity contribution in [1.29, 1.82) is 0 Å². The van der Waals surface area contributed by atoms with Crippen LogP contribution in [-0.2, 0) is 9.53 Å². The van der Waals surface area contributed by atoms with Crippen LogP contribution in [0, 0.1) is 0 Å². The minimum absolute atomic E-state index is 0.154. The largest absolute Gasteiger partial charge is 0.459 e. The summed E-state index contributed by atoms with van der Waals surface area (Å²) in [5.41, 5.74) is 1.14. The Morgan fingerprint density at radius 2 is 1.78 bits per heavy atom. The van der Waals surface area contributed by atoms with Crippen molar-refractivity contribution in [1.82, 2.24) is 0 Å². The van der Waals surface area contributed by atoms with Gasteiger partial charge in [0.1, 0.15) is 11.5 Å². The second-order valence-corrected chi connectivity index (χ2v) is 4.88. The Bertz CT molecular complexity index is 902. The molecule has 0 saturated carbocycles. The first-order chi connectivity index (χ1) is 11.3. The number of ether oxygens (including phenoxy) is 1. The highest BCUT2D eigenvalue weighted by atomic mass is 16.6. The maximum absolute atomic E-state index is 11.9. The van der Waals surface area contributed by atoms with Crippen LogP contribution >= 0.6 is 0 Å². The van der Waals surface area contributed by atoms with Gasteiger partial charge < -0.3 is 13.6 Å². The summed E-state index contributed by atoms with van der Waals surface area (Å²) >= 11 is 0. The fourth-order valence-electron chi connectivity index (χ4n) is 2.24. The number of cyclic esters (lactones) is 1. The Balaban J connectivity index is 1.63. The van der Waals surface area contributed by atoms with E-state index in [4.69, 9.17) is 13.6 Å². The fraction of sp³-hybridized carbons (Fsp3) is 0. The Morgan fingerprint density at radius 1 is 0.913 bits per heavy atom. The lowest BCUT2D eigenvalue weighted by Gasteiger charge is -1.94. The molecule has 5 nitrogen and oxygen atoms in total. The van der Waals surface area contributed by atoms with E-state index >= 15 is 0 Å². The van der Waals surface area contributed by atoms with Gasteiger partial charge in [0.25, 0.3) is 5.90 Å². The average molecular weight is 305 g/mol. The van der Waals surface area contributed by atoms with Gasteiger partial charge in [-0.25, -0.2) is 9.79 Å². The summed E-state index contributed by atoms with van der Waals surface area (Å²) in [6.07, 6.45) is 3.04. The molecule has 0 N–H and O–H groups in total. The molecule has 0 fully saturated rings. The van der Waals surface area contributed by atoms with Gasteiger partial charge in [-0.15, -0.1) is 0 Å². The molecule has 23 heavy (non-hydrogen) atoms. The highest BCUT2D eigenvalue weighted by Crippen LogP contribution is 2.25. The molecule has 0 radical (unpaired) electrons. The summed E-state index contributed by atoms with van der Waals surface area (Å²) in [6, 6.07) is 16.7. The van der Waals surface area contributed by atoms with Crippen molar-refractivity contribution in [2.45, 2.75) is 0 Å². The Kier molecular flexibility index (Phi) is 3.16. The quantitative estimate of drug-likeness (QED) is 0.544. The summed E-state index contributed by atoms with van der Waals surface area (Å²) < 4.78 is 16.0. The number of rotatable bonds is 3. The first-order valence-electron chi connectivity index (χ1n) is 7.01. The molecule has 0 aliphatic carbocycles. The fourth-order valence-corrected chi connectivity index (χ4v) is 2.24. The van der Waals surface area contributed by atoms with Crippen molar-refractivity contribution >= 4 is 17.9 Å². The molecule has 0 atom stereocenters. The van der Waals surface area contributed by atoms with Crippen LogP contribution in [0.2, 0.25) is 0 Å². The standard InChI is InChI=1S/C18H11NO4/c20-18-14(19-17(23-18)16-7-4-10-21-16)11-13-8-9-15(22-13)12-5-2-1-3-6-12/h1-11H. The summed E-state index contributed by atoms with van der Waals surface area (Å²) in [4.78, 5) is 16.0. The van der Waals surface area contributed by atoms with Crippen molar-refractivity contribution in [2.75, 3.05) is 0 Å². The second-order valence-electron chi connectivity index (χ2n) is 4.88. The lowest BCUT2D eigenvalue weighted by molar-refractivity contribution is -0.130.